The summed E-state index contributed by atoms with van der Waals surface area (Å²) in [5.74, 6) is -1.39. The molecule has 6 heteroatoms. The summed E-state index contributed by atoms with van der Waals surface area (Å²) in [4.78, 5) is 0. The monoisotopic (exact) mass is 264 g/mol. The molecular formula is C12H12F4O2. The van der Waals surface area contributed by atoms with Crippen molar-refractivity contribution in [2.45, 2.75) is 24.6 Å². The van der Waals surface area contributed by atoms with Crippen molar-refractivity contribution in [1.29, 1.82) is 0 Å². The number of ether oxygens (including phenoxy) is 1. The lowest BCUT2D eigenvalue weighted by atomic mass is 9.85. The zero-order valence-corrected chi connectivity index (χ0v) is 9.43. The first kappa shape index (κ1) is 13.3. The van der Waals surface area contributed by atoms with Gasteiger partial charge in [0.05, 0.1) is 11.2 Å². The molecule has 18 heavy (non-hydrogen) atoms. The standard InChI is InChI=1S/C12H12F4O2/c13-10-8(11(17)4-6-18-7-5-11)2-1-3-9(10)12(14,15)16/h1-3,17H,4-7H2. The minimum absolute atomic E-state index is 0.0885. The molecule has 0 atom stereocenters. The van der Waals surface area contributed by atoms with E-state index in [1.807, 2.05) is 0 Å². The lowest BCUT2D eigenvalue weighted by Crippen LogP contribution is -2.34. The van der Waals surface area contributed by atoms with Gasteiger partial charge in [0.1, 0.15) is 5.82 Å². The van der Waals surface area contributed by atoms with Gasteiger partial charge in [0.15, 0.2) is 0 Å². The van der Waals surface area contributed by atoms with Gasteiger partial charge in [-0.05, 0) is 6.07 Å². The number of hydrogen-bond donors (Lipinski definition) is 1. The van der Waals surface area contributed by atoms with Gasteiger partial charge in [-0.15, -0.1) is 0 Å². The number of rotatable bonds is 1. The molecule has 2 rings (SSSR count). The Labute approximate surface area is 101 Å². The van der Waals surface area contributed by atoms with E-state index in [1.54, 1.807) is 0 Å². The van der Waals surface area contributed by atoms with Crippen LogP contribution in [0.2, 0.25) is 0 Å². The van der Waals surface area contributed by atoms with Crippen molar-refractivity contribution in [2.24, 2.45) is 0 Å². The van der Waals surface area contributed by atoms with Crippen molar-refractivity contribution in [3.8, 4) is 0 Å². The van der Waals surface area contributed by atoms with E-state index in [1.165, 1.54) is 6.07 Å². The Kier molecular flexibility index (Phi) is 3.33. The number of aliphatic hydroxyl groups is 1. The van der Waals surface area contributed by atoms with Gasteiger partial charge < -0.3 is 9.84 Å². The van der Waals surface area contributed by atoms with Crippen molar-refractivity contribution in [1.82, 2.24) is 0 Å². The summed E-state index contributed by atoms with van der Waals surface area (Å²) in [5, 5.41) is 10.2. The zero-order valence-electron chi connectivity index (χ0n) is 9.43. The summed E-state index contributed by atoms with van der Waals surface area (Å²) in [5.41, 5.74) is -3.23. The van der Waals surface area contributed by atoms with Crippen molar-refractivity contribution >= 4 is 0 Å². The topological polar surface area (TPSA) is 29.5 Å². The molecule has 100 valence electrons. The van der Waals surface area contributed by atoms with Crippen LogP contribution in [-0.2, 0) is 16.5 Å². The van der Waals surface area contributed by atoms with Crippen LogP contribution >= 0.6 is 0 Å². The van der Waals surface area contributed by atoms with Crippen molar-refractivity contribution in [3.05, 3.63) is 35.1 Å². The molecule has 1 fully saturated rings. The molecule has 1 aromatic carbocycles. The normalized spacial score (nSPS) is 19.8. The molecule has 0 spiro atoms. The SMILES string of the molecule is OC1(c2cccc(C(F)(F)F)c2F)CCOCC1. The van der Waals surface area contributed by atoms with Gasteiger partial charge in [-0.25, -0.2) is 4.39 Å². The lowest BCUT2D eigenvalue weighted by Gasteiger charge is -2.33. The van der Waals surface area contributed by atoms with E-state index in [0.717, 1.165) is 6.07 Å². The van der Waals surface area contributed by atoms with Gasteiger partial charge in [0.2, 0.25) is 0 Å². The van der Waals surface area contributed by atoms with Gasteiger partial charge >= 0.3 is 6.18 Å². The lowest BCUT2D eigenvalue weighted by molar-refractivity contribution is -0.140. The number of halogens is 4. The Morgan fingerprint density at radius 3 is 2.33 bits per heavy atom. The second kappa shape index (κ2) is 4.51. The van der Waals surface area contributed by atoms with Gasteiger partial charge in [-0.2, -0.15) is 13.2 Å². The van der Waals surface area contributed by atoms with Crippen LogP contribution in [0.1, 0.15) is 24.0 Å². The first-order valence-corrected chi connectivity index (χ1v) is 5.51. The third kappa shape index (κ3) is 2.35. The molecular weight excluding hydrogens is 252 g/mol. The minimum Gasteiger partial charge on any atom is -0.385 e. The van der Waals surface area contributed by atoms with E-state index in [-0.39, 0.29) is 31.6 Å². The van der Waals surface area contributed by atoms with Crippen molar-refractivity contribution < 1.29 is 27.4 Å². The summed E-state index contributed by atoms with van der Waals surface area (Å²) in [6, 6.07) is 2.96. The van der Waals surface area contributed by atoms with Crippen LogP contribution in [0.15, 0.2) is 18.2 Å². The number of alkyl halides is 3. The van der Waals surface area contributed by atoms with E-state index in [9.17, 15) is 22.7 Å². The number of hydrogen-bond acceptors (Lipinski definition) is 2. The van der Waals surface area contributed by atoms with Gasteiger partial charge in [-0.3, -0.25) is 0 Å². The van der Waals surface area contributed by atoms with E-state index < -0.39 is 23.2 Å². The molecule has 1 N–H and O–H groups in total. The molecule has 0 saturated carbocycles. The van der Waals surface area contributed by atoms with Crippen LogP contribution in [0.25, 0.3) is 0 Å². The van der Waals surface area contributed by atoms with Gasteiger partial charge in [-0.1, -0.05) is 12.1 Å². The average Bonchev–Trinajstić information content (AvgIpc) is 2.28. The Balaban J connectivity index is 2.45. The van der Waals surface area contributed by atoms with Crippen LogP contribution in [0.4, 0.5) is 17.6 Å². The number of benzene rings is 1. The zero-order chi connectivity index (χ0) is 13.4. The predicted octanol–water partition coefficient (Wildman–Crippen LogP) is 2.84. The van der Waals surface area contributed by atoms with Crippen LogP contribution in [0.3, 0.4) is 0 Å². The molecule has 1 aliphatic rings. The maximum atomic E-state index is 13.9. The summed E-state index contributed by atoms with van der Waals surface area (Å²) in [6.45, 7) is 0.401. The van der Waals surface area contributed by atoms with E-state index in [2.05, 4.69) is 0 Å². The highest BCUT2D eigenvalue weighted by Gasteiger charge is 2.40. The average molecular weight is 264 g/mol. The smallest absolute Gasteiger partial charge is 0.385 e. The predicted molar refractivity (Wildman–Crippen MR) is 55.4 cm³/mol. The Morgan fingerprint density at radius 2 is 1.78 bits per heavy atom. The summed E-state index contributed by atoms with van der Waals surface area (Å²) in [6.07, 6.45) is -4.59. The second-order valence-electron chi connectivity index (χ2n) is 4.31. The molecule has 0 aromatic heterocycles. The van der Waals surface area contributed by atoms with E-state index in [0.29, 0.717) is 6.07 Å². The fourth-order valence-electron chi connectivity index (χ4n) is 2.09. The fraction of sp³-hybridized carbons (Fsp3) is 0.500. The summed E-state index contributed by atoms with van der Waals surface area (Å²) >= 11 is 0. The van der Waals surface area contributed by atoms with Crippen LogP contribution in [0, 0.1) is 5.82 Å². The first-order chi connectivity index (χ1) is 8.34. The van der Waals surface area contributed by atoms with Crippen molar-refractivity contribution in [3.63, 3.8) is 0 Å². The Hall–Kier alpha value is -1.14. The molecule has 0 aliphatic carbocycles. The molecule has 1 aliphatic heterocycles. The highest BCUT2D eigenvalue weighted by atomic mass is 19.4. The molecule has 0 unspecified atom stereocenters. The highest BCUT2D eigenvalue weighted by Crippen LogP contribution is 2.38. The Bertz CT molecular complexity index is 436. The molecule has 0 amide bonds. The maximum absolute atomic E-state index is 13.9. The molecule has 1 heterocycles. The molecule has 2 nitrogen and oxygen atoms in total. The molecule has 0 radical (unpaired) electrons. The van der Waals surface area contributed by atoms with E-state index in [4.69, 9.17) is 4.74 Å². The molecule has 0 bridgehead atoms. The molecule has 1 saturated heterocycles. The van der Waals surface area contributed by atoms with E-state index >= 15 is 0 Å². The van der Waals surface area contributed by atoms with Gasteiger partial charge in [0.25, 0.3) is 0 Å². The summed E-state index contributed by atoms with van der Waals surface area (Å²) < 4.78 is 56.6. The first-order valence-electron chi connectivity index (χ1n) is 5.51. The third-order valence-electron chi connectivity index (χ3n) is 3.13. The summed E-state index contributed by atoms with van der Waals surface area (Å²) in [7, 11) is 0. The largest absolute Gasteiger partial charge is 0.419 e. The third-order valence-corrected chi connectivity index (χ3v) is 3.13. The second-order valence-corrected chi connectivity index (χ2v) is 4.31. The van der Waals surface area contributed by atoms with Crippen LogP contribution in [0.5, 0.6) is 0 Å². The Morgan fingerprint density at radius 1 is 1.17 bits per heavy atom. The highest BCUT2D eigenvalue weighted by molar-refractivity contribution is 5.32. The van der Waals surface area contributed by atoms with Crippen molar-refractivity contribution in [2.75, 3.05) is 13.2 Å². The van der Waals surface area contributed by atoms with Gasteiger partial charge in [0, 0.05) is 31.6 Å². The van der Waals surface area contributed by atoms with Crippen LogP contribution in [-0.4, -0.2) is 18.3 Å². The van der Waals surface area contributed by atoms with Crippen LogP contribution < -0.4 is 0 Å². The quantitative estimate of drug-likeness (QED) is 0.790. The molecule has 1 aromatic rings. The fourth-order valence-corrected chi connectivity index (χ4v) is 2.09. The minimum atomic E-state index is -4.76. The maximum Gasteiger partial charge on any atom is 0.419 e.